The first-order valence-corrected chi connectivity index (χ1v) is 10.6. The van der Waals surface area contributed by atoms with Crippen LogP contribution < -0.4 is 10.6 Å². The van der Waals surface area contributed by atoms with Crippen molar-refractivity contribution in [2.75, 3.05) is 18.4 Å². The van der Waals surface area contributed by atoms with Gasteiger partial charge in [0.05, 0.1) is 0 Å². The molecule has 132 valence electrons. The van der Waals surface area contributed by atoms with Crippen LogP contribution in [-0.4, -0.2) is 28.5 Å². The van der Waals surface area contributed by atoms with Crippen molar-refractivity contribution in [1.29, 1.82) is 0 Å². The summed E-state index contributed by atoms with van der Waals surface area (Å²) in [7, 11) is -0.804. The fraction of sp³-hybridized carbons (Fsp3) is 0.632. The number of anilines is 1. The lowest BCUT2D eigenvalue weighted by molar-refractivity contribution is -0.120. The number of carbonyl (C=O) groups excluding carboxylic acids is 1. The summed E-state index contributed by atoms with van der Waals surface area (Å²) in [5, 5.41) is 6.67. The Morgan fingerprint density at radius 2 is 1.88 bits per heavy atom. The van der Waals surface area contributed by atoms with E-state index in [1.54, 1.807) is 0 Å². The zero-order valence-corrected chi connectivity index (χ0v) is 15.1. The van der Waals surface area contributed by atoms with Gasteiger partial charge in [-0.2, -0.15) is 0 Å². The molecule has 1 saturated heterocycles. The second-order valence-corrected chi connectivity index (χ2v) is 8.72. The van der Waals surface area contributed by atoms with Gasteiger partial charge in [-0.25, -0.2) is 0 Å². The third kappa shape index (κ3) is 4.90. The molecule has 0 bridgehead atoms. The van der Waals surface area contributed by atoms with Crippen LogP contribution in [0.5, 0.6) is 0 Å². The largest absolute Gasteiger partial charge is 0.326 e. The van der Waals surface area contributed by atoms with Crippen molar-refractivity contribution in [3.63, 3.8) is 0 Å². The summed E-state index contributed by atoms with van der Waals surface area (Å²) in [6, 6.07) is 7.87. The van der Waals surface area contributed by atoms with Crippen LogP contribution in [0.4, 0.5) is 5.69 Å². The van der Waals surface area contributed by atoms with Crippen LogP contribution in [0.3, 0.4) is 0 Å². The maximum atomic E-state index is 12.6. The molecular weight excluding hydrogens is 320 g/mol. The van der Waals surface area contributed by atoms with Gasteiger partial charge in [0.15, 0.2) is 0 Å². The Morgan fingerprint density at radius 1 is 1.12 bits per heavy atom. The fourth-order valence-corrected chi connectivity index (χ4v) is 5.28. The second-order valence-electron chi connectivity index (χ2n) is 7.00. The number of rotatable bonds is 5. The molecule has 1 heterocycles. The minimum atomic E-state index is -0.804. The third-order valence-corrected chi connectivity index (χ3v) is 6.97. The van der Waals surface area contributed by atoms with Crippen molar-refractivity contribution in [2.24, 2.45) is 5.92 Å². The normalized spacial score (nSPS) is 21.3. The molecule has 0 radical (unpaired) electrons. The van der Waals surface area contributed by atoms with Gasteiger partial charge < -0.3 is 10.6 Å². The van der Waals surface area contributed by atoms with Crippen molar-refractivity contribution >= 4 is 22.4 Å². The predicted octanol–water partition coefficient (Wildman–Crippen LogP) is 3.21. The van der Waals surface area contributed by atoms with Crippen molar-refractivity contribution < 1.29 is 9.00 Å². The molecule has 0 spiro atoms. The number of hydrogen-bond acceptors (Lipinski definition) is 3. The zero-order valence-electron chi connectivity index (χ0n) is 14.3. The average Bonchev–Trinajstić information content (AvgIpc) is 2.63. The molecule has 1 saturated carbocycles. The van der Waals surface area contributed by atoms with E-state index in [2.05, 4.69) is 10.6 Å². The van der Waals surface area contributed by atoms with Crippen LogP contribution in [0.1, 0.15) is 50.5 Å². The smallest absolute Gasteiger partial charge is 0.227 e. The highest BCUT2D eigenvalue weighted by molar-refractivity contribution is 7.84. The number of amides is 1. The quantitative estimate of drug-likeness (QED) is 0.859. The van der Waals surface area contributed by atoms with Crippen molar-refractivity contribution in [1.82, 2.24) is 5.32 Å². The molecule has 4 nitrogen and oxygen atoms in total. The van der Waals surface area contributed by atoms with E-state index in [1.807, 2.05) is 24.3 Å². The van der Waals surface area contributed by atoms with Gasteiger partial charge >= 0.3 is 0 Å². The lowest BCUT2D eigenvalue weighted by Crippen LogP contribution is -2.34. The highest BCUT2D eigenvalue weighted by atomic mass is 32.2. The van der Waals surface area contributed by atoms with Crippen LogP contribution in [0, 0.1) is 5.92 Å². The minimum absolute atomic E-state index is 0.103. The Bertz CT molecular complexity index is 531. The van der Waals surface area contributed by atoms with Gasteiger partial charge in [0.1, 0.15) is 0 Å². The fourth-order valence-electron chi connectivity index (χ4n) is 3.68. The number of benzene rings is 1. The summed E-state index contributed by atoms with van der Waals surface area (Å²) in [6.45, 7) is 1.83. The molecule has 1 aliphatic carbocycles. The summed E-state index contributed by atoms with van der Waals surface area (Å²) in [6.07, 6.45) is 7.70. The molecule has 1 unspecified atom stereocenters. The number of hydrogen-bond donors (Lipinski definition) is 2. The maximum Gasteiger partial charge on any atom is 0.227 e. The Hall–Kier alpha value is -1.20. The SMILES string of the molecule is O=C(Nc1cccc(CS(=O)C2CCCCC2)c1)C1CCNCC1. The minimum Gasteiger partial charge on any atom is -0.326 e. The van der Waals surface area contributed by atoms with Gasteiger partial charge in [0, 0.05) is 33.4 Å². The molecule has 24 heavy (non-hydrogen) atoms. The van der Waals surface area contributed by atoms with E-state index in [0.717, 1.165) is 50.0 Å². The predicted molar refractivity (Wildman–Crippen MR) is 99.4 cm³/mol. The molecule has 2 N–H and O–H groups in total. The molecule has 0 aromatic heterocycles. The highest BCUT2D eigenvalue weighted by Crippen LogP contribution is 2.24. The zero-order chi connectivity index (χ0) is 16.8. The molecule has 2 aliphatic rings. The monoisotopic (exact) mass is 348 g/mol. The number of carbonyl (C=O) groups is 1. The van der Waals surface area contributed by atoms with E-state index < -0.39 is 10.8 Å². The van der Waals surface area contributed by atoms with Crippen LogP contribution in [0.2, 0.25) is 0 Å². The Morgan fingerprint density at radius 3 is 2.62 bits per heavy atom. The van der Waals surface area contributed by atoms with Gasteiger partial charge in [0.2, 0.25) is 5.91 Å². The van der Waals surface area contributed by atoms with E-state index in [9.17, 15) is 9.00 Å². The molecule has 1 aromatic carbocycles. The molecular formula is C19H28N2O2S. The van der Waals surface area contributed by atoms with Gasteiger partial charge in [-0.05, 0) is 56.5 Å². The summed E-state index contributed by atoms with van der Waals surface area (Å²) in [5.74, 6) is 0.815. The van der Waals surface area contributed by atoms with Gasteiger partial charge in [-0.1, -0.05) is 31.4 Å². The lowest BCUT2D eigenvalue weighted by Gasteiger charge is -2.22. The Kier molecular flexibility index (Phi) is 6.44. The van der Waals surface area contributed by atoms with E-state index in [1.165, 1.54) is 19.3 Å². The molecule has 1 atom stereocenters. The maximum absolute atomic E-state index is 12.6. The van der Waals surface area contributed by atoms with Crippen LogP contribution in [0.25, 0.3) is 0 Å². The van der Waals surface area contributed by atoms with Crippen LogP contribution in [-0.2, 0) is 21.3 Å². The molecule has 2 fully saturated rings. The van der Waals surface area contributed by atoms with Crippen molar-refractivity contribution in [2.45, 2.75) is 55.9 Å². The molecule has 5 heteroatoms. The third-order valence-electron chi connectivity index (χ3n) is 5.14. The first-order chi connectivity index (χ1) is 11.7. The molecule has 3 rings (SSSR count). The standard InChI is InChI=1S/C19H28N2O2S/c22-19(16-9-11-20-12-10-16)21-17-6-4-5-15(13-17)14-24(23)18-7-2-1-3-8-18/h4-6,13,16,18,20H,1-3,7-12,14H2,(H,21,22). The van der Waals surface area contributed by atoms with Crippen LogP contribution in [0.15, 0.2) is 24.3 Å². The topological polar surface area (TPSA) is 58.2 Å². The number of nitrogens with one attached hydrogen (secondary N) is 2. The lowest BCUT2D eigenvalue weighted by atomic mass is 9.97. The van der Waals surface area contributed by atoms with Gasteiger partial charge in [-0.15, -0.1) is 0 Å². The summed E-state index contributed by atoms with van der Waals surface area (Å²) < 4.78 is 12.6. The second kappa shape index (κ2) is 8.77. The van der Waals surface area contributed by atoms with Crippen molar-refractivity contribution in [3.05, 3.63) is 29.8 Å². The van der Waals surface area contributed by atoms with Gasteiger partial charge in [0.25, 0.3) is 0 Å². The molecule has 1 aromatic rings. The first kappa shape index (κ1) is 17.6. The summed E-state index contributed by atoms with van der Waals surface area (Å²) in [4.78, 5) is 12.3. The van der Waals surface area contributed by atoms with E-state index in [-0.39, 0.29) is 11.8 Å². The Labute approximate surface area is 147 Å². The first-order valence-electron chi connectivity index (χ1n) is 9.20. The van der Waals surface area contributed by atoms with E-state index in [0.29, 0.717) is 11.0 Å². The number of piperidine rings is 1. The van der Waals surface area contributed by atoms with Crippen LogP contribution >= 0.6 is 0 Å². The molecule has 1 aliphatic heterocycles. The average molecular weight is 349 g/mol. The van der Waals surface area contributed by atoms with E-state index in [4.69, 9.17) is 0 Å². The molecule has 1 amide bonds. The Balaban J connectivity index is 1.57. The van der Waals surface area contributed by atoms with Gasteiger partial charge in [-0.3, -0.25) is 9.00 Å². The van der Waals surface area contributed by atoms with E-state index >= 15 is 0 Å². The summed E-state index contributed by atoms with van der Waals surface area (Å²) >= 11 is 0. The summed E-state index contributed by atoms with van der Waals surface area (Å²) in [5.41, 5.74) is 1.89. The van der Waals surface area contributed by atoms with Crippen molar-refractivity contribution in [3.8, 4) is 0 Å². The highest BCUT2D eigenvalue weighted by Gasteiger charge is 2.22.